The predicted molar refractivity (Wildman–Crippen MR) is 116 cm³/mol. The molecule has 2 aromatic carbocycles. The molecule has 156 valence electrons. The molecule has 1 N–H and O–H groups in total. The van der Waals surface area contributed by atoms with Crippen LogP contribution in [0.4, 0.5) is 4.79 Å². The first-order valence-electron chi connectivity index (χ1n) is 10.2. The van der Waals surface area contributed by atoms with Gasteiger partial charge in [0.15, 0.2) is 0 Å². The molecule has 0 spiro atoms. The van der Waals surface area contributed by atoms with E-state index in [2.05, 4.69) is 17.5 Å². The van der Waals surface area contributed by atoms with Gasteiger partial charge in [-0.1, -0.05) is 30.3 Å². The molecule has 6 heteroatoms. The van der Waals surface area contributed by atoms with E-state index in [9.17, 15) is 9.90 Å². The van der Waals surface area contributed by atoms with Crippen LogP contribution in [0, 0.1) is 11.3 Å². The van der Waals surface area contributed by atoms with E-state index < -0.39 is 6.09 Å². The minimum Gasteiger partial charge on any atom is -0.494 e. The normalized spacial score (nSPS) is 16.0. The molecule has 1 aliphatic rings. The lowest BCUT2D eigenvalue weighted by Gasteiger charge is -2.32. The fourth-order valence-corrected chi connectivity index (χ4v) is 3.83. The minimum absolute atomic E-state index is 0.0767. The summed E-state index contributed by atoms with van der Waals surface area (Å²) < 4.78 is 5.87. The number of ether oxygens (including phenoxy) is 1. The lowest BCUT2D eigenvalue weighted by molar-refractivity contribution is 0.0717. The van der Waals surface area contributed by atoms with Gasteiger partial charge in [-0.15, -0.1) is 6.58 Å². The number of nitrogens with zero attached hydrogens (tertiary/aromatic N) is 3. The number of benzene rings is 2. The van der Waals surface area contributed by atoms with Gasteiger partial charge in [0.05, 0.1) is 24.4 Å². The third-order valence-corrected chi connectivity index (χ3v) is 5.32. The second-order valence-corrected chi connectivity index (χ2v) is 7.30. The molecule has 1 fully saturated rings. The van der Waals surface area contributed by atoms with Crippen LogP contribution in [0.5, 0.6) is 5.75 Å². The van der Waals surface area contributed by atoms with Gasteiger partial charge >= 0.3 is 6.09 Å². The van der Waals surface area contributed by atoms with E-state index in [1.807, 2.05) is 48.5 Å². The van der Waals surface area contributed by atoms with E-state index in [4.69, 9.17) is 10.00 Å². The molecular weight excluding hydrogens is 378 g/mol. The van der Waals surface area contributed by atoms with E-state index >= 15 is 0 Å². The molecule has 0 bridgehead atoms. The Morgan fingerprint density at radius 3 is 2.50 bits per heavy atom. The summed E-state index contributed by atoms with van der Waals surface area (Å²) in [5, 5.41) is 18.3. The summed E-state index contributed by atoms with van der Waals surface area (Å²) in [6.45, 7) is 6.30. The first-order valence-corrected chi connectivity index (χ1v) is 10.2. The van der Waals surface area contributed by atoms with Gasteiger partial charge in [0.1, 0.15) is 5.75 Å². The molecule has 1 aliphatic heterocycles. The maximum atomic E-state index is 11.5. The molecule has 1 unspecified atom stereocenters. The Kier molecular flexibility index (Phi) is 7.47. The van der Waals surface area contributed by atoms with E-state index in [1.165, 1.54) is 4.90 Å². The zero-order valence-electron chi connectivity index (χ0n) is 17.0. The van der Waals surface area contributed by atoms with Crippen molar-refractivity contribution in [1.82, 2.24) is 9.80 Å². The summed E-state index contributed by atoms with van der Waals surface area (Å²) >= 11 is 0. The van der Waals surface area contributed by atoms with Gasteiger partial charge in [-0.3, -0.25) is 9.80 Å². The predicted octanol–water partition coefficient (Wildman–Crippen LogP) is 4.58. The highest BCUT2D eigenvalue weighted by molar-refractivity contribution is 5.66. The van der Waals surface area contributed by atoms with Gasteiger partial charge in [-0.2, -0.15) is 5.26 Å². The van der Waals surface area contributed by atoms with Gasteiger partial charge in [0.25, 0.3) is 0 Å². The van der Waals surface area contributed by atoms with E-state index in [1.54, 1.807) is 6.08 Å². The number of nitriles is 1. The second-order valence-electron chi connectivity index (χ2n) is 7.30. The number of rotatable bonds is 9. The van der Waals surface area contributed by atoms with Crippen molar-refractivity contribution in [2.75, 3.05) is 26.2 Å². The van der Waals surface area contributed by atoms with E-state index in [0.29, 0.717) is 18.7 Å². The van der Waals surface area contributed by atoms with Gasteiger partial charge in [0.2, 0.25) is 0 Å². The molecule has 1 atom stereocenters. The van der Waals surface area contributed by atoms with Crippen molar-refractivity contribution in [3.63, 3.8) is 0 Å². The Hall–Kier alpha value is -3.30. The quantitative estimate of drug-likeness (QED) is 0.488. The molecule has 6 nitrogen and oxygen atoms in total. The first kappa shape index (κ1) is 21.4. The van der Waals surface area contributed by atoms with Crippen LogP contribution < -0.4 is 4.74 Å². The lowest BCUT2D eigenvalue weighted by atomic mass is 10.0. The van der Waals surface area contributed by atoms with Crippen molar-refractivity contribution in [1.29, 1.82) is 5.26 Å². The molecule has 0 aromatic heterocycles. The molecule has 3 rings (SSSR count). The zero-order valence-corrected chi connectivity index (χ0v) is 17.0. The molecule has 0 aliphatic carbocycles. The monoisotopic (exact) mass is 405 g/mol. The molecule has 1 saturated heterocycles. The summed E-state index contributed by atoms with van der Waals surface area (Å²) in [5.41, 5.74) is 2.78. The van der Waals surface area contributed by atoms with E-state index in [-0.39, 0.29) is 6.17 Å². The number of hydrogen-bond acceptors (Lipinski definition) is 4. The molecule has 0 saturated carbocycles. The van der Waals surface area contributed by atoms with Crippen molar-refractivity contribution in [2.24, 2.45) is 0 Å². The van der Waals surface area contributed by atoms with Crippen LogP contribution in [0.25, 0.3) is 11.1 Å². The number of amides is 1. The fraction of sp³-hybridized carbons (Fsp3) is 0.333. The van der Waals surface area contributed by atoms with Crippen LogP contribution in [-0.2, 0) is 0 Å². The molecule has 2 aromatic rings. The Morgan fingerprint density at radius 2 is 1.90 bits per heavy atom. The van der Waals surface area contributed by atoms with Crippen molar-refractivity contribution >= 4 is 6.09 Å². The molecule has 1 heterocycles. The van der Waals surface area contributed by atoms with E-state index in [0.717, 1.165) is 49.2 Å². The number of hydrogen-bond donors (Lipinski definition) is 1. The SMILES string of the molecule is C=CCN(C(=O)O)C1CCCN1CCCOc1ccc(-c2ccc(C#N)cc2)cc1. The van der Waals surface area contributed by atoms with Crippen molar-refractivity contribution in [2.45, 2.75) is 25.4 Å². The third kappa shape index (κ3) is 5.40. The Morgan fingerprint density at radius 1 is 1.23 bits per heavy atom. The number of carboxylic acid groups (broad SMARTS) is 1. The van der Waals surface area contributed by atoms with Crippen LogP contribution in [-0.4, -0.2) is 53.4 Å². The van der Waals surface area contributed by atoms with Crippen molar-refractivity contribution in [3.05, 3.63) is 66.7 Å². The molecular formula is C24H27N3O3. The summed E-state index contributed by atoms with van der Waals surface area (Å²) in [5.74, 6) is 0.809. The zero-order chi connectivity index (χ0) is 21.3. The fourth-order valence-electron chi connectivity index (χ4n) is 3.83. The highest BCUT2D eigenvalue weighted by Gasteiger charge is 2.31. The Bertz CT molecular complexity index is 887. The lowest BCUT2D eigenvalue weighted by Crippen LogP contribution is -2.47. The van der Waals surface area contributed by atoms with Gasteiger partial charge in [-0.25, -0.2) is 4.79 Å². The average molecular weight is 405 g/mol. The van der Waals surface area contributed by atoms with Gasteiger partial charge in [0, 0.05) is 19.6 Å². The molecule has 0 radical (unpaired) electrons. The Balaban J connectivity index is 1.47. The standard InChI is InChI=1S/C24H27N3O3/c1-2-14-27(24(28)29)23-5-3-15-26(23)16-4-17-30-22-12-10-21(11-13-22)20-8-6-19(18-25)7-9-20/h2,6-13,23H,1,3-5,14-17H2,(H,28,29). The summed E-state index contributed by atoms with van der Waals surface area (Å²) in [6, 6.07) is 17.5. The van der Waals surface area contributed by atoms with Crippen molar-refractivity contribution < 1.29 is 14.6 Å². The van der Waals surface area contributed by atoms with Gasteiger partial charge in [-0.05, 0) is 54.7 Å². The molecule has 30 heavy (non-hydrogen) atoms. The number of carbonyl (C=O) groups is 1. The highest BCUT2D eigenvalue weighted by atomic mass is 16.5. The maximum Gasteiger partial charge on any atom is 0.408 e. The topological polar surface area (TPSA) is 76.8 Å². The first-order chi connectivity index (χ1) is 14.6. The number of likely N-dealkylation sites (tertiary alicyclic amines) is 1. The van der Waals surface area contributed by atoms with Crippen LogP contribution in [0.2, 0.25) is 0 Å². The highest BCUT2D eigenvalue weighted by Crippen LogP contribution is 2.24. The third-order valence-electron chi connectivity index (χ3n) is 5.32. The maximum absolute atomic E-state index is 11.5. The largest absolute Gasteiger partial charge is 0.494 e. The summed E-state index contributed by atoms with van der Waals surface area (Å²) in [7, 11) is 0. The Labute approximate surface area is 177 Å². The van der Waals surface area contributed by atoms with Crippen molar-refractivity contribution in [3.8, 4) is 22.9 Å². The minimum atomic E-state index is -0.898. The van der Waals surface area contributed by atoms with Crippen LogP contribution >= 0.6 is 0 Å². The second kappa shape index (κ2) is 10.5. The summed E-state index contributed by atoms with van der Waals surface area (Å²) in [4.78, 5) is 15.2. The summed E-state index contributed by atoms with van der Waals surface area (Å²) in [6.07, 6.45) is 3.35. The smallest absolute Gasteiger partial charge is 0.408 e. The van der Waals surface area contributed by atoms with Crippen LogP contribution in [0.15, 0.2) is 61.2 Å². The molecule has 1 amide bonds. The average Bonchev–Trinajstić information content (AvgIpc) is 3.23. The van der Waals surface area contributed by atoms with Gasteiger partial charge < -0.3 is 9.84 Å². The van der Waals surface area contributed by atoms with Crippen LogP contribution in [0.1, 0.15) is 24.8 Å². The van der Waals surface area contributed by atoms with Crippen LogP contribution in [0.3, 0.4) is 0 Å².